The largest absolute Gasteiger partial charge is 0.229 e. The van der Waals surface area contributed by atoms with Gasteiger partial charge in [0, 0.05) is 0 Å². The summed E-state index contributed by atoms with van der Waals surface area (Å²) in [4.78, 5) is 4.26. The molecule has 1 nitrogen and oxygen atoms in total. The zero-order valence-electron chi connectivity index (χ0n) is 5.67. The molecule has 0 saturated heterocycles. The Morgan fingerprint density at radius 1 is 1.45 bits per heavy atom. The summed E-state index contributed by atoms with van der Waals surface area (Å²) < 4.78 is 2.11. The van der Waals surface area contributed by atoms with Gasteiger partial charge >= 0.3 is 0 Å². The maximum absolute atomic E-state index is 4.26. The molecule has 3 heteroatoms. The third kappa shape index (κ3) is 1.30. The second-order valence-electron chi connectivity index (χ2n) is 2.27. The minimum Gasteiger partial charge on any atom is -0.229 e. The number of benzene rings is 1. The molecule has 0 unspecified atom stereocenters. The van der Waals surface area contributed by atoms with Crippen molar-refractivity contribution < 1.29 is 0 Å². The summed E-state index contributed by atoms with van der Waals surface area (Å²) in [7, 11) is 0. The number of thiazole rings is 1. The smallest absolute Gasteiger partial charge is 0.160 e. The predicted octanol–water partition coefficient (Wildman–Crippen LogP) is 3.24. The average Bonchev–Trinajstić information content (AvgIpc) is 2.27. The number of fused-ring (bicyclic) bond motifs is 1. The number of nitrogens with zero attached hydrogens (tertiary/aromatic N) is 1. The van der Waals surface area contributed by atoms with Gasteiger partial charge in [0.05, 0.1) is 10.2 Å². The van der Waals surface area contributed by atoms with E-state index in [1.54, 1.807) is 11.3 Å². The minimum absolute atomic E-state index is 0.929. The molecule has 0 aliphatic heterocycles. The highest BCUT2D eigenvalue weighted by Gasteiger charge is 1.99. The molecule has 0 amide bonds. The van der Waals surface area contributed by atoms with Gasteiger partial charge in [0.1, 0.15) is 0 Å². The Morgan fingerprint density at radius 3 is 3.09 bits per heavy atom. The summed E-state index contributed by atoms with van der Waals surface area (Å²) in [5, 5.41) is 0. The monoisotopic (exact) mass is 226 g/mol. The molecule has 0 bridgehead atoms. The van der Waals surface area contributed by atoms with E-state index in [9.17, 15) is 0 Å². The number of rotatable bonds is 0. The van der Waals surface area contributed by atoms with Crippen LogP contribution >= 0.6 is 27.3 Å². The number of hydrogen-bond donors (Lipinski definition) is 0. The fourth-order valence-electron chi connectivity index (χ4n) is 0.941. The highest BCUT2D eigenvalue weighted by molar-refractivity contribution is 9.11. The molecule has 0 aliphatic rings. The Bertz CT molecular complexity index is 394. The Morgan fingerprint density at radius 2 is 2.27 bits per heavy atom. The van der Waals surface area contributed by atoms with Gasteiger partial charge < -0.3 is 0 Å². The van der Waals surface area contributed by atoms with E-state index in [4.69, 9.17) is 0 Å². The molecule has 2 aromatic rings. The van der Waals surface area contributed by atoms with Crippen molar-refractivity contribution in [2.45, 2.75) is 0 Å². The number of hydrogen-bond acceptors (Lipinski definition) is 2. The van der Waals surface area contributed by atoms with Crippen LogP contribution in [0.5, 0.6) is 0 Å². The highest BCUT2D eigenvalue weighted by Crippen LogP contribution is 2.26. The van der Waals surface area contributed by atoms with Crippen molar-refractivity contribution in [2.75, 3.05) is 0 Å². The van der Waals surface area contributed by atoms with E-state index in [1.165, 1.54) is 4.70 Å². The molecule has 0 saturated carbocycles. The molecule has 0 aliphatic carbocycles. The molecule has 1 heterocycles. The van der Waals surface area contributed by atoms with Crippen molar-refractivity contribution >= 4 is 37.5 Å². The van der Waals surface area contributed by atoms with Crippen LogP contribution in [0, 0.1) is 6.92 Å². The van der Waals surface area contributed by atoms with Crippen molar-refractivity contribution in [1.82, 2.24) is 4.98 Å². The lowest BCUT2D eigenvalue weighted by atomic mass is 10.2. The van der Waals surface area contributed by atoms with Crippen molar-refractivity contribution in [3.63, 3.8) is 0 Å². The van der Waals surface area contributed by atoms with Crippen LogP contribution < -0.4 is 0 Å². The second-order valence-corrected chi connectivity index (χ2v) is 4.58. The zero-order valence-corrected chi connectivity index (χ0v) is 8.08. The van der Waals surface area contributed by atoms with Crippen molar-refractivity contribution in [3.8, 4) is 0 Å². The summed E-state index contributed by atoms with van der Waals surface area (Å²) in [6.45, 7) is 3.84. The molecule has 2 rings (SSSR count). The van der Waals surface area contributed by atoms with Crippen molar-refractivity contribution in [1.29, 1.82) is 0 Å². The maximum atomic E-state index is 4.26. The van der Waals surface area contributed by atoms with Crippen LogP contribution in [-0.2, 0) is 0 Å². The SMILES string of the molecule is [CH2]c1ccc2nc(Br)sc2c1. The second kappa shape index (κ2) is 2.57. The van der Waals surface area contributed by atoms with Gasteiger partial charge in [-0.15, -0.1) is 11.3 Å². The average molecular weight is 227 g/mol. The summed E-state index contributed by atoms with van der Waals surface area (Å²) in [5.74, 6) is 0. The van der Waals surface area contributed by atoms with Crippen LogP contribution in [0.1, 0.15) is 5.56 Å². The van der Waals surface area contributed by atoms with Crippen LogP contribution in [0.2, 0.25) is 0 Å². The fraction of sp³-hybridized carbons (Fsp3) is 0. The van der Waals surface area contributed by atoms with Crippen molar-refractivity contribution in [3.05, 3.63) is 34.6 Å². The Labute approximate surface area is 77.2 Å². The Kier molecular flexibility index (Phi) is 1.69. The number of halogens is 1. The van der Waals surface area contributed by atoms with E-state index in [0.717, 1.165) is 15.0 Å². The van der Waals surface area contributed by atoms with E-state index >= 15 is 0 Å². The normalized spacial score (nSPS) is 10.7. The molecule has 0 N–H and O–H groups in total. The molecular formula is C8H5BrNS. The lowest BCUT2D eigenvalue weighted by Gasteiger charge is -1.88. The fourth-order valence-corrected chi connectivity index (χ4v) is 2.41. The molecule has 0 spiro atoms. The molecule has 0 fully saturated rings. The summed E-state index contributed by atoms with van der Waals surface area (Å²) in [6, 6.07) is 5.99. The summed E-state index contributed by atoms with van der Waals surface area (Å²) in [6.07, 6.45) is 0. The van der Waals surface area contributed by atoms with E-state index in [2.05, 4.69) is 27.8 Å². The number of aromatic nitrogens is 1. The first-order valence-corrected chi connectivity index (χ1v) is 4.75. The molecule has 55 valence electrons. The van der Waals surface area contributed by atoms with Crippen LogP contribution in [-0.4, -0.2) is 4.98 Å². The maximum Gasteiger partial charge on any atom is 0.160 e. The molecule has 1 radical (unpaired) electrons. The van der Waals surface area contributed by atoms with Gasteiger partial charge in [-0.05, 0) is 40.5 Å². The lowest BCUT2D eigenvalue weighted by molar-refractivity contribution is 1.45. The van der Waals surface area contributed by atoms with Gasteiger partial charge in [0.2, 0.25) is 0 Å². The van der Waals surface area contributed by atoms with Crippen LogP contribution in [0.3, 0.4) is 0 Å². The van der Waals surface area contributed by atoms with Gasteiger partial charge in [0.25, 0.3) is 0 Å². The first kappa shape index (κ1) is 7.25. The first-order valence-electron chi connectivity index (χ1n) is 3.14. The van der Waals surface area contributed by atoms with E-state index in [1.807, 2.05) is 18.2 Å². The minimum atomic E-state index is 0.929. The summed E-state index contributed by atoms with van der Waals surface area (Å²) >= 11 is 4.97. The Balaban J connectivity index is 2.82. The van der Waals surface area contributed by atoms with Crippen LogP contribution in [0.15, 0.2) is 22.1 Å². The third-order valence-corrected chi connectivity index (χ3v) is 2.90. The Hall–Kier alpha value is -0.410. The summed E-state index contributed by atoms with van der Waals surface area (Å²) in [5.41, 5.74) is 2.07. The van der Waals surface area contributed by atoms with Gasteiger partial charge in [0.15, 0.2) is 3.92 Å². The molecule has 1 aromatic carbocycles. The van der Waals surface area contributed by atoms with Gasteiger partial charge in [-0.1, -0.05) is 6.07 Å². The van der Waals surface area contributed by atoms with Crippen LogP contribution in [0.25, 0.3) is 10.2 Å². The zero-order chi connectivity index (χ0) is 7.84. The predicted molar refractivity (Wildman–Crippen MR) is 51.8 cm³/mol. The van der Waals surface area contributed by atoms with E-state index in [0.29, 0.717) is 0 Å². The molecule has 11 heavy (non-hydrogen) atoms. The molecular weight excluding hydrogens is 222 g/mol. The van der Waals surface area contributed by atoms with Gasteiger partial charge in [-0.2, -0.15) is 0 Å². The standard InChI is InChI=1S/C8H5BrNS/c1-5-2-3-6-7(4-5)11-8(9)10-6/h2-4H,1H2. The topological polar surface area (TPSA) is 12.9 Å². The van der Waals surface area contributed by atoms with E-state index in [-0.39, 0.29) is 0 Å². The highest BCUT2D eigenvalue weighted by atomic mass is 79.9. The van der Waals surface area contributed by atoms with Gasteiger partial charge in [-0.25, -0.2) is 4.98 Å². The molecule has 1 aromatic heterocycles. The van der Waals surface area contributed by atoms with Crippen LogP contribution in [0.4, 0.5) is 0 Å². The third-order valence-electron chi connectivity index (χ3n) is 1.43. The van der Waals surface area contributed by atoms with Gasteiger partial charge in [-0.3, -0.25) is 0 Å². The quantitative estimate of drug-likeness (QED) is 0.673. The van der Waals surface area contributed by atoms with Crippen molar-refractivity contribution in [2.24, 2.45) is 0 Å². The molecule has 0 atom stereocenters. The first-order chi connectivity index (χ1) is 5.25. The van der Waals surface area contributed by atoms with E-state index < -0.39 is 0 Å². The lowest BCUT2D eigenvalue weighted by Crippen LogP contribution is -1.69.